The number of hydrogen-bond donors (Lipinski definition) is 0. The average molecular weight is 916 g/mol. The number of epoxide rings is 2. The Kier molecular flexibility index (Phi) is 23.5. The molecule has 378 valence electrons. The van der Waals surface area contributed by atoms with Crippen LogP contribution in [-0.4, -0.2) is 38.6 Å². The smallest absolute Gasteiger partial charge is 0.126 e. The van der Waals surface area contributed by atoms with E-state index >= 15 is 0 Å². The molecular weight excluding hydrogens is 809 g/mol. The Morgan fingerprint density at radius 3 is 0.939 bits per heavy atom. The summed E-state index contributed by atoms with van der Waals surface area (Å²) < 4.78 is 25.9. The van der Waals surface area contributed by atoms with E-state index in [2.05, 4.69) is 121 Å². The maximum atomic E-state index is 7.18. The van der Waals surface area contributed by atoms with Crippen molar-refractivity contribution in [1.29, 1.82) is 0 Å². The summed E-state index contributed by atoms with van der Waals surface area (Å²) in [6.45, 7) is 37.4. The number of rotatable bonds is 37. The molecular formula is C62H106O4. The minimum Gasteiger partial charge on any atom is -0.493 e. The molecule has 0 spiro atoms. The minimum atomic E-state index is 0.00967. The van der Waals surface area contributed by atoms with E-state index in [0.29, 0.717) is 24.0 Å². The lowest BCUT2D eigenvalue weighted by atomic mass is 9.72. The SMILES string of the molecule is CCCCCC(C)(C)c1cc(CCc2cc(C(C)(C)CCCCC)c(OCCCC(CC)C3CO3)c(C(C)(C)CCCCC)c2)cc(C(C)(C)CCCCC)c1OCCCC(CC)C1CO1. The number of ether oxygens (including phenoxy) is 4. The second-order valence-corrected chi connectivity index (χ2v) is 24.0. The molecule has 2 fully saturated rings. The minimum absolute atomic E-state index is 0.00967. The average Bonchev–Trinajstić information content (AvgIpc) is 4.22. The fourth-order valence-corrected chi connectivity index (χ4v) is 11.1. The van der Waals surface area contributed by atoms with Crippen LogP contribution in [0.15, 0.2) is 24.3 Å². The topological polar surface area (TPSA) is 43.5 Å². The van der Waals surface area contributed by atoms with E-state index < -0.39 is 0 Å². The Morgan fingerprint density at radius 1 is 0.439 bits per heavy atom. The molecule has 0 bridgehead atoms. The Balaban J connectivity index is 1.80. The summed E-state index contributed by atoms with van der Waals surface area (Å²) in [5, 5.41) is 0. The van der Waals surface area contributed by atoms with E-state index in [1.165, 1.54) is 173 Å². The molecule has 4 heteroatoms. The van der Waals surface area contributed by atoms with Gasteiger partial charge in [-0.05, 0) is 109 Å². The predicted molar refractivity (Wildman–Crippen MR) is 285 cm³/mol. The van der Waals surface area contributed by atoms with Gasteiger partial charge in [-0.2, -0.15) is 0 Å². The van der Waals surface area contributed by atoms with E-state index in [1.807, 2.05) is 0 Å². The van der Waals surface area contributed by atoms with E-state index in [4.69, 9.17) is 18.9 Å². The number of unbranched alkanes of at least 4 members (excludes halogenated alkanes) is 8. The van der Waals surface area contributed by atoms with Gasteiger partial charge in [-0.25, -0.2) is 0 Å². The van der Waals surface area contributed by atoms with Crippen molar-refractivity contribution in [1.82, 2.24) is 0 Å². The molecule has 0 radical (unpaired) electrons. The van der Waals surface area contributed by atoms with E-state index in [1.54, 1.807) is 0 Å². The first-order valence-electron chi connectivity index (χ1n) is 28.3. The van der Waals surface area contributed by atoms with Gasteiger partial charge in [0, 0.05) is 22.3 Å². The lowest BCUT2D eigenvalue weighted by Gasteiger charge is -2.35. The van der Waals surface area contributed by atoms with Crippen molar-refractivity contribution in [2.75, 3.05) is 26.4 Å². The summed E-state index contributed by atoms with van der Waals surface area (Å²) in [6, 6.07) is 10.4. The van der Waals surface area contributed by atoms with Crippen LogP contribution < -0.4 is 9.47 Å². The predicted octanol–water partition coefficient (Wildman–Crippen LogP) is 18.1. The van der Waals surface area contributed by atoms with Gasteiger partial charge in [0.25, 0.3) is 0 Å². The van der Waals surface area contributed by atoms with Crippen LogP contribution in [0.1, 0.15) is 272 Å². The molecule has 0 amide bonds. The molecule has 0 N–H and O–H groups in total. The summed E-state index contributed by atoms with van der Waals surface area (Å²) >= 11 is 0. The molecule has 2 saturated heterocycles. The van der Waals surface area contributed by atoms with Gasteiger partial charge in [-0.15, -0.1) is 0 Å². The van der Waals surface area contributed by atoms with Crippen LogP contribution >= 0.6 is 0 Å². The highest BCUT2D eigenvalue weighted by molar-refractivity contribution is 5.53. The molecule has 66 heavy (non-hydrogen) atoms. The molecule has 2 aliphatic rings. The highest BCUT2D eigenvalue weighted by Crippen LogP contribution is 2.47. The zero-order chi connectivity index (χ0) is 48.4. The van der Waals surface area contributed by atoms with Gasteiger partial charge < -0.3 is 18.9 Å². The Bertz CT molecular complexity index is 1460. The van der Waals surface area contributed by atoms with Crippen molar-refractivity contribution in [3.63, 3.8) is 0 Å². The molecule has 0 aliphatic carbocycles. The molecule has 4 rings (SSSR count). The Labute approximate surface area is 409 Å². The van der Waals surface area contributed by atoms with Crippen LogP contribution in [-0.2, 0) is 44.0 Å². The summed E-state index contributed by atoms with van der Waals surface area (Å²) in [5.41, 5.74) is 8.71. The summed E-state index contributed by atoms with van der Waals surface area (Å²) in [6.07, 6.45) is 29.6. The molecule has 2 aromatic carbocycles. The van der Waals surface area contributed by atoms with Gasteiger partial charge in [0.05, 0.1) is 38.6 Å². The lowest BCUT2D eigenvalue weighted by molar-refractivity contribution is 0.253. The van der Waals surface area contributed by atoms with Gasteiger partial charge in [-0.3, -0.25) is 0 Å². The summed E-state index contributed by atoms with van der Waals surface area (Å²) in [5.74, 6) is 3.69. The summed E-state index contributed by atoms with van der Waals surface area (Å²) in [4.78, 5) is 0. The van der Waals surface area contributed by atoms with Crippen molar-refractivity contribution < 1.29 is 18.9 Å². The van der Waals surface area contributed by atoms with Crippen LogP contribution in [0, 0.1) is 11.8 Å². The maximum absolute atomic E-state index is 7.18. The number of benzene rings is 2. The van der Waals surface area contributed by atoms with E-state index in [-0.39, 0.29) is 21.7 Å². The molecule has 2 aromatic rings. The Morgan fingerprint density at radius 2 is 0.712 bits per heavy atom. The van der Waals surface area contributed by atoms with Crippen LogP contribution in [0.2, 0.25) is 0 Å². The monoisotopic (exact) mass is 915 g/mol. The van der Waals surface area contributed by atoms with Crippen LogP contribution in [0.5, 0.6) is 11.5 Å². The van der Waals surface area contributed by atoms with Crippen molar-refractivity contribution in [2.24, 2.45) is 11.8 Å². The molecule has 2 heterocycles. The highest BCUT2D eigenvalue weighted by atomic mass is 16.6. The quantitative estimate of drug-likeness (QED) is 0.0500. The van der Waals surface area contributed by atoms with Gasteiger partial charge in [0.2, 0.25) is 0 Å². The van der Waals surface area contributed by atoms with Gasteiger partial charge >= 0.3 is 0 Å². The third-order valence-corrected chi connectivity index (χ3v) is 16.3. The van der Waals surface area contributed by atoms with Crippen molar-refractivity contribution in [3.8, 4) is 11.5 Å². The fraction of sp³-hybridized carbons (Fsp3) is 0.806. The van der Waals surface area contributed by atoms with Crippen LogP contribution in [0.25, 0.3) is 0 Å². The molecule has 0 saturated carbocycles. The molecule has 4 nitrogen and oxygen atoms in total. The Hall–Kier alpha value is -2.04. The normalized spacial score (nSPS) is 17.5. The largest absolute Gasteiger partial charge is 0.493 e. The highest BCUT2D eigenvalue weighted by Gasteiger charge is 2.36. The zero-order valence-corrected chi connectivity index (χ0v) is 46.1. The van der Waals surface area contributed by atoms with E-state index in [0.717, 1.165) is 52.1 Å². The second-order valence-electron chi connectivity index (χ2n) is 24.0. The first-order valence-corrected chi connectivity index (χ1v) is 28.3. The van der Waals surface area contributed by atoms with Crippen LogP contribution in [0.4, 0.5) is 0 Å². The maximum Gasteiger partial charge on any atom is 0.126 e. The zero-order valence-electron chi connectivity index (χ0n) is 46.1. The molecule has 2 aliphatic heterocycles. The van der Waals surface area contributed by atoms with Gasteiger partial charge in [0.15, 0.2) is 0 Å². The second kappa shape index (κ2) is 27.4. The first-order chi connectivity index (χ1) is 31.5. The third kappa shape index (κ3) is 17.4. The van der Waals surface area contributed by atoms with E-state index in [9.17, 15) is 0 Å². The van der Waals surface area contributed by atoms with Crippen molar-refractivity contribution in [3.05, 3.63) is 57.6 Å². The lowest BCUT2D eigenvalue weighted by Crippen LogP contribution is -2.25. The number of aryl methyl sites for hydroxylation is 2. The molecule has 0 aromatic heterocycles. The van der Waals surface area contributed by atoms with Gasteiger partial charge in [-0.1, -0.05) is 211 Å². The van der Waals surface area contributed by atoms with Crippen LogP contribution in [0.3, 0.4) is 0 Å². The molecule has 4 atom stereocenters. The van der Waals surface area contributed by atoms with Gasteiger partial charge in [0.1, 0.15) is 11.5 Å². The standard InChI is InChI=1S/C62H106O4/c1-15-21-25-35-59(7,8)51-41-47(42-52(60(9,10)36-26-22-16-2)57(51)63-39-29-31-49(19-5)55-45-65-55)33-34-48-43-53(61(11,12)37-27-23-17-3)58(54(44-48)62(13,14)38-28-24-18-4)64-40-30-32-50(20-6)56-46-66-56/h41-44,49-50,55-56H,15-40,45-46H2,1-14H3. The summed E-state index contributed by atoms with van der Waals surface area (Å²) in [7, 11) is 0. The third-order valence-electron chi connectivity index (χ3n) is 16.3. The number of hydrogen-bond acceptors (Lipinski definition) is 4. The first kappa shape index (κ1) is 56.5. The molecule has 4 unspecified atom stereocenters. The fourth-order valence-electron chi connectivity index (χ4n) is 11.1. The van der Waals surface area contributed by atoms with Crippen molar-refractivity contribution in [2.45, 2.75) is 285 Å². The van der Waals surface area contributed by atoms with Crippen molar-refractivity contribution >= 4 is 0 Å².